The number of ether oxygens (including phenoxy) is 1. The third-order valence-electron chi connectivity index (χ3n) is 6.21. The molecule has 1 N–H and O–H groups in total. The molecule has 6 heteroatoms. The lowest BCUT2D eigenvalue weighted by molar-refractivity contribution is 0.0431. The van der Waals surface area contributed by atoms with Crippen LogP contribution in [0.2, 0.25) is 0 Å². The second kappa shape index (κ2) is 5.84. The maximum Gasteiger partial charge on any atom is 0.292 e. The normalized spacial score (nSPS) is 26.7. The van der Waals surface area contributed by atoms with E-state index in [0.717, 1.165) is 48.3 Å². The number of hydrogen-bond acceptors (Lipinski definition) is 5. The van der Waals surface area contributed by atoms with E-state index in [9.17, 15) is 9.90 Å². The molecule has 2 aliphatic heterocycles. The van der Waals surface area contributed by atoms with Crippen LogP contribution in [0.15, 0.2) is 28.8 Å². The summed E-state index contributed by atoms with van der Waals surface area (Å²) in [4.78, 5) is 15.0. The lowest BCUT2D eigenvalue weighted by atomic mass is 9.74. The van der Waals surface area contributed by atoms with E-state index in [2.05, 4.69) is 5.16 Å². The Labute approximate surface area is 151 Å². The maximum atomic E-state index is 13.2. The first-order chi connectivity index (χ1) is 12.7. The Balaban J connectivity index is 1.47. The standard InChI is InChI=1S/C20H22N2O4/c23-11-20-10-22(9-15(20)13-5-2-4-8-17(13)25-12-20)19(24)18-14-6-1-3-7-16(14)21-26-18/h2,4-5,8,15,23H,1,3,6-7,9-12H2/t15-,20-/m1/s1. The molecule has 1 saturated heterocycles. The van der Waals surface area contributed by atoms with Gasteiger partial charge in [-0.2, -0.15) is 0 Å². The van der Waals surface area contributed by atoms with Crippen molar-refractivity contribution in [3.63, 3.8) is 0 Å². The molecular formula is C20H22N2O4. The summed E-state index contributed by atoms with van der Waals surface area (Å²) in [5, 5.41) is 14.3. The summed E-state index contributed by atoms with van der Waals surface area (Å²) >= 11 is 0. The number of hydrogen-bond donors (Lipinski definition) is 1. The Hall–Kier alpha value is -2.34. The molecule has 1 aromatic carbocycles. The predicted octanol–water partition coefficient (Wildman–Crippen LogP) is 2.16. The van der Waals surface area contributed by atoms with Gasteiger partial charge in [-0.15, -0.1) is 0 Å². The van der Waals surface area contributed by atoms with E-state index >= 15 is 0 Å². The molecule has 0 bridgehead atoms. The zero-order chi connectivity index (χ0) is 17.7. The van der Waals surface area contributed by atoms with Crippen molar-refractivity contribution in [1.82, 2.24) is 10.1 Å². The molecule has 0 spiro atoms. The summed E-state index contributed by atoms with van der Waals surface area (Å²) < 4.78 is 11.4. The molecule has 0 radical (unpaired) electrons. The van der Waals surface area contributed by atoms with Crippen molar-refractivity contribution >= 4 is 5.91 Å². The molecule has 136 valence electrons. The second-order valence-corrected chi connectivity index (χ2v) is 7.73. The molecule has 1 aromatic heterocycles. The van der Waals surface area contributed by atoms with Crippen molar-refractivity contribution in [3.8, 4) is 5.75 Å². The molecule has 1 aliphatic carbocycles. The molecule has 6 nitrogen and oxygen atoms in total. The number of aliphatic hydroxyl groups is 1. The Bertz CT molecular complexity index is 861. The molecule has 3 aliphatic rings. The molecular weight excluding hydrogens is 332 g/mol. The van der Waals surface area contributed by atoms with Crippen LogP contribution in [-0.2, 0) is 12.8 Å². The minimum absolute atomic E-state index is 0.00963. The van der Waals surface area contributed by atoms with E-state index in [4.69, 9.17) is 9.26 Å². The van der Waals surface area contributed by atoms with Crippen molar-refractivity contribution in [2.45, 2.75) is 31.6 Å². The number of aromatic nitrogens is 1. The molecule has 26 heavy (non-hydrogen) atoms. The molecule has 5 rings (SSSR count). The Morgan fingerprint density at radius 3 is 3.04 bits per heavy atom. The largest absolute Gasteiger partial charge is 0.493 e. The summed E-state index contributed by atoms with van der Waals surface area (Å²) in [5.74, 6) is 1.20. The van der Waals surface area contributed by atoms with Crippen molar-refractivity contribution < 1.29 is 19.2 Å². The van der Waals surface area contributed by atoms with Crippen LogP contribution in [0.25, 0.3) is 0 Å². The van der Waals surface area contributed by atoms with Gasteiger partial charge < -0.3 is 19.3 Å². The molecule has 2 aromatic rings. The summed E-state index contributed by atoms with van der Waals surface area (Å²) in [6, 6.07) is 7.91. The first-order valence-electron chi connectivity index (χ1n) is 9.31. The molecule has 3 heterocycles. The van der Waals surface area contributed by atoms with Gasteiger partial charge in [0, 0.05) is 24.6 Å². The quantitative estimate of drug-likeness (QED) is 0.894. The lowest BCUT2D eigenvalue weighted by Crippen LogP contribution is -2.42. The minimum Gasteiger partial charge on any atom is -0.493 e. The number of aliphatic hydroxyl groups excluding tert-OH is 1. The van der Waals surface area contributed by atoms with Crippen LogP contribution in [-0.4, -0.2) is 47.4 Å². The maximum absolute atomic E-state index is 13.2. The van der Waals surface area contributed by atoms with Gasteiger partial charge >= 0.3 is 0 Å². The van der Waals surface area contributed by atoms with Crippen LogP contribution in [0, 0.1) is 5.41 Å². The zero-order valence-electron chi connectivity index (χ0n) is 14.6. The van der Waals surface area contributed by atoms with Gasteiger partial charge in [0.15, 0.2) is 0 Å². The van der Waals surface area contributed by atoms with Crippen LogP contribution in [0.4, 0.5) is 0 Å². The highest BCUT2D eigenvalue weighted by Gasteiger charge is 2.52. The summed E-state index contributed by atoms with van der Waals surface area (Å²) in [6.07, 6.45) is 3.91. The van der Waals surface area contributed by atoms with E-state index in [0.29, 0.717) is 25.5 Å². The van der Waals surface area contributed by atoms with Gasteiger partial charge in [0.2, 0.25) is 5.76 Å². The van der Waals surface area contributed by atoms with Gasteiger partial charge in [-0.05, 0) is 37.3 Å². The fraction of sp³-hybridized carbons (Fsp3) is 0.500. The first kappa shape index (κ1) is 15.9. The monoisotopic (exact) mass is 354 g/mol. The fourth-order valence-electron chi connectivity index (χ4n) is 4.73. The van der Waals surface area contributed by atoms with E-state index in [1.807, 2.05) is 29.2 Å². The van der Waals surface area contributed by atoms with Crippen LogP contribution in [0.3, 0.4) is 0 Å². The summed E-state index contributed by atoms with van der Waals surface area (Å²) in [6.45, 7) is 1.44. The van der Waals surface area contributed by atoms with Gasteiger partial charge in [0.25, 0.3) is 5.91 Å². The van der Waals surface area contributed by atoms with E-state index in [1.165, 1.54) is 0 Å². The summed E-state index contributed by atoms with van der Waals surface area (Å²) in [7, 11) is 0. The number of aryl methyl sites for hydroxylation is 1. The number of carbonyl (C=O) groups is 1. The van der Waals surface area contributed by atoms with Crippen LogP contribution in [0.5, 0.6) is 5.75 Å². The Morgan fingerprint density at radius 2 is 2.15 bits per heavy atom. The second-order valence-electron chi connectivity index (χ2n) is 7.73. The van der Waals surface area contributed by atoms with Crippen LogP contribution >= 0.6 is 0 Å². The predicted molar refractivity (Wildman–Crippen MR) is 93.2 cm³/mol. The highest BCUT2D eigenvalue weighted by Crippen LogP contribution is 2.49. The van der Waals surface area contributed by atoms with E-state index in [1.54, 1.807) is 0 Å². The smallest absolute Gasteiger partial charge is 0.292 e. The number of fused-ring (bicyclic) bond motifs is 4. The number of amides is 1. The van der Waals surface area contributed by atoms with Crippen molar-refractivity contribution in [2.75, 3.05) is 26.3 Å². The third kappa shape index (κ3) is 2.21. The van der Waals surface area contributed by atoms with Crippen LogP contribution < -0.4 is 4.74 Å². The van der Waals surface area contributed by atoms with Gasteiger partial charge in [0.1, 0.15) is 5.75 Å². The van der Waals surface area contributed by atoms with Gasteiger partial charge in [0.05, 0.1) is 24.3 Å². The van der Waals surface area contributed by atoms with E-state index < -0.39 is 5.41 Å². The number of carbonyl (C=O) groups excluding carboxylic acids is 1. The SMILES string of the molecule is O=C(c1onc2c1CCCC2)N1C[C@@H]2c3ccccc3OC[C@]2(CO)C1. The lowest BCUT2D eigenvalue weighted by Gasteiger charge is -2.37. The minimum atomic E-state index is -0.454. The van der Waals surface area contributed by atoms with Crippen molar-refractivity contribution in [1.29, 1.82) is 0 Å². The van der Waals surface area contributed by atoms with Gasteiger partial charge in [-0.25, -0.2) is 0 Å². The van der Waals surface area contributed by atoms with Gasteiger partial charge in [-0.1, -0.05) is 23.4 Å². The van der Waals surface area contributed by atoms with E-state index in [-0.39, 0.29) is 18.4 Å². The number of rotatable bonds is 2. The highest BCUT2D eigenvalue weighted by atomic mass is 16.5. The molecule has 2 atom stereocenters. The third-order valence-corrected chi connectivity index (χ3v) is 6.21. The van der Waals surface area contributed by atoms with Crippen molar-refractivity contribution in [2.24, 2.45) is 5.41 Å². The first-order valence-corrected chi connectivity index (χ1v) is 9.31. The molecule has 1 amide bonds. The zero-order valence-corrected chi connectivity index (χ0v) is 14.6. The Morgan fingerprint density at radius 1 is 1.31 bits per heavy atom. The summed E-state index contributed by atoms with van der Waals surface area (Å²) in [5.41, 5.74) is 2.53. The van der Waals surface area contributed by atoms with Gasteiger partial charge in [-0.3, -0.25) is 4.79 Å². The average Bonchev–Trinajstić information content (AvgIpc) is 3.30. The van der Waals surface area contributed by atoms with Crippen molar-refractivity contribution in [3.05, 3.63) is 46.8 Å². The molecule has 1 fully saturated rings. The Kier molecular flexibility index (Phi) is 3.57. The van der Waals surface area contributed by atoms with Crippen LogP contribution in [0.1, 0.15) is 46.1 Å². The fourth-order valence-corrected chi connectivity index (χ4v) is 4.73. The number of benzene rings is 1. The highest BCUT2D eigenvalue weighted by molar-refractivity contribution is 5.93. The molecule has 0 unspecified atom stereocenters. The topological polar surface area (TPSA) is 75.8 Å². The average molecular weight is 354 g/mol. The number of nitrogens with zero attached hydrogens (tertiary/aromatic N) is 2. The number of para-hydroxylation sites is 1. The molecule has 0 saturated carbocycles. The number of likely N-dealkylation sites (tertiary alicyclic amines) is 1.